The van der Waals surface area contributed by atoms with Gasteiger partial charge in [-0.25, -0.2) is 17.6 Å². The Morgan fingerprint density at radius 3 is 2.36 bits per heavy atom. The van der Waals surface area contributed by atoms with Crippen molar-refractivity contribution in [2.75, 3.05) is 44.2 Å². The molecule has 4 saturated heterocycles. The van der Waals surface area contributed by atoms with E-state index in [1.807, 2.05) is 4.90 Å². The van der Waals surface area contributed by atoms with Gasteiger partial charge >= 0.3 is 6.01 Å². The van der Waals surface area contributed by atoms with Crippen LogP contribution in [0.2, 0.25) is 0 Å². The fourth-order valence-corrected chi connectivity index (χ4v) is 8.57. The first kappa shape index (κ1) is 29.4. The van der Waals surface area contributed by atoms with Crippen molar-refractivity contribution in [1.82, 2.24) is 20.2 Å². The molecule has 3 N–H and O–H groups in total. The molecule has 246 valence electrons. The van der Waals surface area contributed by atoms with Crippen LogP contribution in [0.4, 0.5) is 23.4 Å². The molecule has 4 unspecified atom stereocenters. The Morgan fingerprint density at radius 1 is 0.915 bits per heavy atom. The zero-order chi connectivity index (χ0) is 32.2. The van der Waals surface area contributed by atoms with Crippen LogP contribution in [0.25, 0.3) is 32.8 Å². The lowest BCUT2D eigenvalue weighted by molar-refractivity contribution is -0.112. The van der Waals surface area contributed by atoms with Crippen molar-refractivity contribution in [3.8, 4) is 22.9 Å². The van der Waals surface area contributed by atoms with Crippen LogP contribution in [0.1, 0.15) is 32.1 Å². The lowest BCUT2D eigenvalue weighted by Crippen LogP contribution is -2.59. The van der Waals surface area contributed by atoms with Crippen LogP contribution >= 0.6 is 0 Å². The number of nitrogens with one attached hydrogen (secondary N) is 1. The van der Waals surface area contributed by atoms with Crippen LogP contribution in [0.5, 0.6) is 11.8 Å². The summed E-state index contributed by atoms with van der Waals surface area (Å²) in [5.74, 6) is -3.85. The number of aliphatic hydroxyl groups excluding tert-OH is 1. The largest absolute Gasteiger partial charge is 0.508 e. The maximum atomic E-state index is 16.7. The highest BCUT2D eigenvalue weighted by molar-refractivity contribution is 6.02. The summed E-state index contributed by atoms with van der Waals surface area (Å²) >= 11 is 0. The van der Waals surface area contributed by atoms with E-state index in [9.17, 15) is 14.6 Å². The molecule has 6 aliphatic rings. The fourth-order valence-electron chi connectivity index (χ4n) is 8.57. The fraction of sp³-hybridized carbons (Fsp3) is 0.486. The van der Waals surface area contributed by atoms with Crippen molar-refractivity contribution in [1.29, 1.82) is 0 Å². The molecule has 4 aromatic rings. The number of hydrogen-bond donors (Lipinski definition) is 3. The third-order valence-corrected chi connectivity index (χ3v) is 11.2. The van der Waals surface area contributed by atoms with Gasteiger partial charge in [0.15, 0.2) is 17.5 Å². The second-order valence-electron chi connectivity index (χ2n) is 14.5. The molecule has 12 heteroatoms. The van der Waals surface area contributed by atoms with Gasteiger partial charge in [-0.15, -0.1) is 0 Å². The normalized spacial score (nSPS) is 27.8. The summed E-state index contributed by atoms with van der Waals surface area (Å²) in [5.41, 5.74) is -1.23. The molecular formula is C35H35F4N5O3. The summed E-state index contributed by atoms with van der Waals surface area (Å²) in [4.78, 5) is 13.6. The van der Waals surface area contributed by atoms with Gasteiger partial charge in [0.1, 0.15) is 22.9 Å². The van der Waals surface area contributed by atoms with Gasteiger partial charge in [-0.2, -0.15) is 9.97 Å². The lowest BCUT2D eigenvalue weighted by Gasteiger charge is -2.51. The van der Waals surface area contributed by atoms with Gasteiger partial charge in [0.05, 0.1) is 18.3 Å². The standard InChI is InChI=1S/C35H35F4N5O3/c36-25-4-1-17-8-22(45)9-23(27(17)29(25)38)28-26(37)10-24-31(30(28)39)41-34(42-33(24)44-13-20-2-3-21(14-44)40-20)47-16-35(5-6-35)15-43-11-18-7-19(12-43)32(18)46/h1,4,8-10,18-21,32,40,45-46H,2-3,5-7,11-16H2. The number of piperazine rings is 1. The number of benzene rings is 3. The van der Waals surface area contributed by atoms with Crippen molar-refractivity contribution in [2.24, 2.45) is 17.3 Å². The Balaban J connectivity index is 1.12. The number of fused-ring (bicyclic) bond motifs is 6. The predicted octanol–water partition coefficient (Wildman–Crippen LogP) is 5.12. The minimum atomic E-state index is -1.27. The summed E-state index contributed by atoms with van der Waals surface area (Å²) in [6.45, 7) is 4.11. The number of ether oxygens (including phenoxy) is 1. The van der Waals surface area contributed by atoms with Crippen LogP contribution in [-0.4, -0.2) is 82.6 Å². The molecule has 4 aliphatic heterocycles. The van der Waals surface area contributed by atoms with Crippen LogP contribution in [0.3, 0.4) is 0 Å². The quantitative estimate of drug-likeness (QED) is 0.238. The van der Waals surface area contributed by atoms with Crippen LogP contribution in [-0.2, 0) is 0 Å². The third kappa shape index (κ3) is 4.90. The maximum Gasteiger partial charge on any atom is 0.319 e. The highest BCUT2D eigenvalue weighted by Gasteiger charge is 2.50. The molecule has 1 aromatic heterocycles. The Morgan fingerprint density at radius 2 is 1.66 bits per heavy atom. The molecule has 5 heterocycles. The van der Waals surface area contributed by atoms with Crippen molar-refractivity contribution in [3.63, 3.8) is 0 Å². The van der Waals surface area contributed by atoms with Crippen LogP contribution in [0, 0.1) is 40.5 Å². The number of phenolic OH excluding ortho intramolecular Hbond substituents is 1. The van der Waals surface area contributed by atoms with Crippen molar-refractivity contribution in [3.05, 3.63) is 53.6 Å². The van der Waals surface area contributed by atoms with E-state index in [-0.39, 0.29) is 62.6 Å². The van der Waals surface area contributed by atoms with E-state index in [2.05, 4.69) is 15.2 Å². The predicted molar refractivity (Wildman–Crippen MR) is 167 cm³/mol. The van der Waals surface area contributed by atoms with Crippen LogP contribution in [0.15, 0.2) is 30.3 Å². The summed E-state index contributed by atoms with van der Waals surface area (Å²) < 4.78 is 68.6. The number of aliphatic hydroxyl groups is 1. The number of rotatable bonds is 7. The zero-order valence-electron chi connectivity index (χ0n) is 25.7. The topological polar surface area (TPSA) is 94.0 Å². The van der Waals surface area contributed by atoms with E-state index in [4.69, 9.17) is 9.72 Å². The first-order valence-electron chi connectivity index (χ1n) is 16.5. The molecular weight excluding hydrogens is 614 g/mol. The number of aromatic nitrogens is 2. The molecule has 0 amide bonds. The Kier molecular flexibility index (Phi) is 6.65. The molecule has 0 spiro atoms. The second-order valence-corrected chi connectivity index (χ2v) is 14.5. The van der Waals surface area contributed by atoms with Gasteiger partial charge in [0.25, 0.3) is 0 Å². The molecule has 10 rings (SSSR count). The van der Waals surface area contributed by atoms with Gasteiger partial charge in [-0.1, -0.05) is 6.07 Å². The van der Waals surface area contributed by atoms with E-state index < -0.39 is 28.8 Å². The number of anilines is 1. The molecule has 2 saturated carbocycles. The summed E-state index contributed by atoms with van der Waals surface area (Å²) in [5, 5.41) is 24.1. The van der Waals surface area contributed by atoms with Crippen molar-refractivity contribution in [2.45, 2.75) is 50.3 Å². The van der Waals surface area contributed by atoms with Gasteiger partial charge in [-0.3, -0.25) is 0 Å². The average molecular weight is 650 g/mol. The van der Waals surface area contributed by atoms with Gasteiger partial charge in [0.2, 0.25) is 0 Å². The Hall–Kier alpha value is -3.74. The van der Waals surface area contributed by atoms with E-state index in [1.54, 1.807) is 0 Å². The zero-order valence-corrected chi connectivity index (χ0v) is 25.7. The molecule has 47 heavy (non-hydrogen) atoms. The number of aromatic hydroxyl groups is 1. The Bertz CT molecular complexity index is 1920. The van der Waals surface area contributed by atoms with Gasteiger partial charge in [-0.05, 0) is 73.6 Å². The molecule has 4 atom stereocenters. The first-order valence-corrected chi connectivity index (χ1v) is 16.5. The van der Waals surface area contributed by atoms with Gasteiger partial charge in [0, 0.05) is 66.6 Å². The first-order chi connectivity index (χ1) is 22.6. The third-order valence-electron chi connectivity index (χ3n) is 11.2. The molecule has 0 radical (unpaired) electrons. The van der Waals surface area contributed by atoms with E-state index >= 15 is 13.2 Å². The number of hydrogen-bond acceptors (Lipinski definition) is 8. The smallest absolute Gasteiger partial charge is 0.319 e. The SMILES string of the molecule is Oc1cc(-c2c(F)cc3c(N4CC5CCC(C4)N5)nc(OCC4(CN5CC6CC(C5)C6O)CC4)nc3c2F)c2c(F)c(F)ccc2c1. The summed E-state index contributed by atoms with van der Waals surface area (Å²) in [7, 11) is 0. The van der Waals surface area contributed by atoms with E-state index in [0.717, 1.165) is 69.9 Å². The highest BCUT2D eigenvalue weighted by atomic mass is 19.2. The molecule has 4 bridgehead atoms. The van der Waals surface area contributed by atoms with Gasteiger partial charge < -0.3 is 30.1 Å². The molecule has 3 aromatic carbocycles. The molecule has 2 aliphatic carbocycles. The summed E-state index contributed by atoms with van der Waals surface area (Å²) in [6, 6.07) is 5.95. The summed E-state index contributed by atoms with van der Waals surface area (Å²) in [6.07, 6.45) is 4.81. The minimum absolute atomic E-state index is 0.0315. The Labute approximate surface area is 268 Å². The maximum absolute atomic E-state index is 16.7. The minimum Gasteiger partial charge on any atom is -0.508 e. The number of nitrogens with zero attached hydrogens (tertiary/aromatic N) is 4. The monoisotopic (exact) mass is 649 g/mol. The van der Waals surface area contributed by atoms with Crippen molar-refractivity contribution < 1.29 is 32.5 Å². The molecule has 6 fully saturated rings. The highest BCUT2D eigenvalue weighted by Crippen LogP contribution is 2.49. The van der Waals surface area contributed by atoms with Crippen molar-refractivity contribution >= 4 is 27.5 Å². The van der Waals surface area contributed by atoms with Crippen LogP contribution < -0.4 is 15.0 Å². The number of halogens is 4. The lowest BCUT2D eigenvalue weighted by atomic mass is 9.68. The second kappa shape index (κ2) is 10.6. The number of piperidine rings is 2. The van der Waals surface area contributed by atoms with E-state index in [0.29, 0.717) is 37.4 Å². The number of phenols is 1. The van der Waals surface area contributed by atoms with E-state index in [1.165, 1.54) is 12.1 Å². The molecule has 8 nitrogen and oxygen atoms in total. The average Bonchev–Trinajstić information content (AvgIpc) is 3.74.